The highest BCUT2D eigenvalue weighted by Gasteiger charge is 2.15. The zero-order chi connectivity index (χ0) is 18.6. The van der Waals surface area contributed by atoms with Gasteiger partial charge in [-0.25, -0.2) is 0 Å². The van der Waals surface area contributed by atoms with Crippen molar-refractivity contribution >= 4 is 22.4 Å². The van der Waals surface area contributed by atoms with Crippen molar-refractivity contribution in [2.75, 3.05) is 18.5 Å². The molecule has 3 aromatic rings. The second-order valence-corrected chi connectivity index (χ2v) is 6.65. The molecule has 1 heterocycles. The molecular weight excluding hydrogens is 342 g/mol. The average Bonchev–Trinajstić information content (AvgIpc) is 2.70. The summed E-state index contributed by atoms with van der Waals surface area (Å²) in [5, 5.41) is 15.2. The number of aliphatic hydroxyl groups is 1. The van der Waals surface area contributed by atoms with Gasteiger partial charge in [0.25, 0.3) is 0 Å². The van der Waals surface area contributed by atoms with Crippen molar-refractivity contribution in [1.82, 2.24) is 0 Å². The van der Waals surface area contributed by atoms with Crippen LogP contribution >= 0.6 is 0 Å². The van der Waals surface area contributed by atoms with Gasteiger partial charge in [0.05, 0.1) is 0 Å². The van der Waals surface area contributed by atoms with E-state index >= 15 is 0 Å². The summed E-state index contributed by atoms with van der Waals surface area (Å²) >= 11 is 0. The van der Waals surface area contributed by atoms with Gasteiger partial charge >= 0.3 is 0 Å². The molecular formula is C22H21NO4. The predicted octanol–water partition coefficient (Wildman–Crippen LogP) is 3.54. The maximum absolute atomic E-state index is 11.4. The molecule has 138 valence electrons. The smallest absolute Gasteiger partial charge is 0.224 e. The molecule has 0 spiro atoms. The summed E-state index contributed by atoms with van der Waals surface area (Å²) in [5.74, 6) is 1.43. The third-order valence-corrected chi connectivity index (χ3v) is 4.58. The maximum Gasteiger partial charge on any atom is 0.224 e. The molecule has 0 bridgehead atoms. The lowest BCUT2D eigenvalue weighted by molar-refractivity contribution is -0.116. The first-order chi connectivity index (χ1) is 13.2. The van der Waals surface area contributed by atoms with Crippen LogP contribution in [-0.2, 0) is 11.2 Å². The van der Waals surface area contributed by atoms with Crippen molar-refractivity contribution in [2.45, 2.75) is 18.9 Å². The first-order valence-corrected chi connectivity index (χ1v) is 9.02. The summed E-state index contributed by atoms with van der Waals surface area (Å²) in [4.78, 5) is 11.4. The number of amides is 1. The van der Waals surface area contributed by atoms with E-state index < -0.39 is 6.10 Å². The summed E-state index contributed by atoms with van der Waals surface area (Å²) < 4.78 is 11.4. The summed E-state index contributed by atoms with van der Waals surface area (Å²) in [5.41, 5.74) is 1.88. The van der Waals surface area contributed by atoms with Crippen molar-refractivity contribution in [3.63, 3.8) is 0 Å². The molecule has 1 aliphatic rings. The topological polar surface area (TPSA) is 67.8 Å². The first kappa shape index (κ1) is 17.4. The number of fused-ring (bicyclic) bond motifs is 2. The molecule has 1 amide bonds. The number of nitrogens with one attached hydrogen (secondary N) is 1. The van der Waals surface area contributed by atoms with Crippen LogP contribution in [0.2, 0.25) is 0 Å². The van der Waals surface area contributed by atoms with Crippen molar-refractivity contribution in [3.05, 3.63) is 66.2 Å². The Hall–Kier alpha value is -3.05. The Labute approximate surface area is 157 Å². The fourth-order valence-electron chi connectivity index (χ4n) is 3.14. The highest BCUT2D eigenvalue weighted by molar-refractivity contribution is 5.94. The lowest BCUT2D eigenvalue weighted by atomic mass is 10.0. The van der Waals surface area contributed by atoms with Crippen LogP contribution in [0.1, 0.15) is 12.0 Å². The van der Waals surface area contributed by atoms with Gasteiger partial charge in [0.1, 0.15) is 30.8 Å². The molecule has 1 aliphatic heterocycles. The lowest BCUT2D eigenvalue weighted by Gasteiger charge is -2.18. The predicted molar refractivity (Wildman–Crippen MR) is 104 cm³/mol. The standard InChI is InChI=1S/C22H21NO4/c24-18(13-26-19-7-5-15-3-1-2-4-16(15)11-19)14-27-20-8-9-21-17(12-20)6-10-22(25)23-21/h1-5,7-9,11-12,18,24H,6,10,13-14H2,(H,23,25)/t18-/m1/s1. The Bertz CT molecular complexity index is 969. The molecule has 3 aromatic carbocycles. The molecule has 0 fully saturated rings. The molecule has 0 saturated heterocycles. The van der Waals surface area contributed by atoms with E-state index in [4.69, 9.17) is 9.47 Å². The van der Waals surface area contributed by atoms with Gasteiger partial charge in [-0.15, -0.1) is 0 Å². The number of ether oxygens (including phenoxy) is 2. The van der Waals surface area contributed by atoms with Gasteiger partial charge in [-0.05, 0) is 53.1 Å². The minimum atomic E-state index is -0.743. The molecule has 4 rings (SSSR count). The molecule has 1 atom stereocenters. The fourth-order valence-corrected chi connectivity index (χ4v) is 3.14. The van der Waals surface area contributed by atoms with Gasteiger partial charge in [-0.3, -0.25) is 4.79 Å². The molecule has 0 aliphatic carbocycles. The Morgan fingerprint density at radius 2 is 1.59 bits per heavy atom. The van der Waals surface area contributed by atoms with Crippen LogP contribution < -0.4 is 14.8 Å². The summed E-state index contributed by atoms with van der Waals surface area (Å²) in [6, 6.07) is 19.4. The Balaban J connectivity index is 1.30. The monoisotopic (exact) mass is 363 g/mol. The zero-order valence-corrected chi connectivity index (χ0v) is 14.9. The number of carbonyl (C=O) groups excluding carboxylic acids is 1. The van der Waals surface area contributed by atoms with Crippen molar-refractivity contribution in [2.24, 2.45) is 0 Å². The van der Waals surface area contributed by atoms with Gasteiger partial charge < -0.3 is 19.9 Å². The van der Waals surface area contributed by atoms with Gasteiger partial charge in [0.15, 0.2) is 0 Å². The number of carbonyl (C=O) groups is 1. The van der Waals surface area contributed by atoms with Crippen LogP contribution in [0.15, 0.2) is 60.7 Å². The van der Waals surface area contributed by atoms with E-state index in [1.807, 2.05) is 54.6 Å². The van der Waals surface area contributed by atoms with E-state index in [1.54, 1.807) is 6.07 Å². The molecule has 27 heavy (non-hydrogen) atoms. The van der Waals surface area contributed by atoms with Crippen LogP contribution in [0, 0.1) is 0 Å². The lowest BCUT2D eigenvalue weighted by Crippen LogP contribution is -2.25. The minimum Gasteiger partial charge on any atom is -0.491 e. The molecule has 2 N–H and O–H groups in total. The Kier molecular flexibility index (Phi) is 4.94. The fraction of sp³-hybridized carbons (Fsp3) is 0.227. The second-order valence-electron chi connectivity index (χ2n) is 6.65. The third kappa shape index (κ3) is 4.20. The van der Waals surface area contributed by atoms with Crippen LogP contribution in [-0.4, -0.2) is 30.3 Å². The van der Waals surface area contributed by atoms with E-state index in [1.165, 1.54) is 0 Å². The number of rotatable bonds is 6. The van der Waals surface area contributed by atoms with Crippen molar-refractivity contribution in [1.29, 1.82) is 0 Å². The summed E-state index contributed by atoms with van der Waals surface area (Å²) in [6.07, 6.45) is 0.442. The number of aryl methyl sites for hydroxylation is 1. The average molecular weight is 363 g/mol. The molecule has 5 heteroatoms. The third-order valence-electron chi connectivity index (χ3n) is 4.58. The number of benzene rings is 3. The highest BCUT2D eigenvalue weighted by Crippen LogP contribution is 2.27. The van der Waals surface area contributed by atoms with Crippen LogP contribution in [0.3, 0.4) is 0 Å². The quantitative estimate of drug-likeness (QED) is 0.703. The number of anilines is 1. The molecule has 5 nitrogen and oxygen atoms in total. The van der Waals surface area contributed by atoms with E-state index in [0.717, 1.165) is 27.8 Å². The molecule has 0 radical (unpaired) electrons. The van der Waals surface area contributed by atoms with E-state index in [2.05, 4.69) is 5.32 Å². The van der Waals surface area contributed by atoms with Gasteiger partial charge in [0.2, 0.25) is 5.91 Å². The summed E-state index contributed by atoms with van der Waals surface area (Å²) in [7, 11) is 0. The second kappa shape index (κ2) is 7.68. The number of hydrogen-bond acceptors (Lipinski definition) is 4. The van der Waals surface area contributed by atoms with E-state index in [9.17, 15) is 9.90 Å². The Morgan fingerprint density at radius 1 is 0.889 bits per heavy atom. The largest absolute Gasteiger partial charge is 0.491 e. The van der Waals surface area contributed by atoms with Crippen LogP contribution in [0.5, 0.6) is 11.5 Å². The zero-order valence-electron chi connectivity index (χ0n) is 14.9. The first-order valence-electron chi connectivity index (χ1n) is 9.02. The van der Waals surface area contributed by atoms with E-state index in [0.29, 0.717) is 18.6 Å². The number of hydrogen-bond donors (Lipinski definition) is 2. The Morgan fingerprint density at radius 3 is 2.41 bits per heavy atom. The van der Waals surface area contributed by atoms with Gasteiger partial charge in [-0.1, -0.05) is 30.3 Å². The van der Waals surface area contributed by atoms with Gasteiger partial charge in [0, 0.05) is 12.1 Å². The van der Waals surface area contributed by atoms with Crippen LogP contribution in [0.4, 0.5) is 5.69 Å². The van der Waals surface area contributed by atoms with Crippen LogP contribution in [0.25, 0.3) is 10.8 Å². The van der Waals surface area contributed by atoms with Gasteiger partial charge in [-0.2, -0.15) is 0 Å². The molecule has 0 saturated carbocycles. The molecule has 0 aromatic heterocycles. The molecule has 0 unspecified atom stereocenters. The highest BCUT2D eigenvalue weighted by atomic mass is 16.5. The van der Waals surface area contributed by atoms with Crippen molar-refractivity contribution in [3.8, 4) is 11.5 Å². The minimum absolute atomic E-state index is 0.0393. The maximum atomic E-state index is 11.4. The SMILES string of the molecule is O=C1CCc2cc(OC[C@H](O)COc3ccc4ccccc4c3)ccc2N1. The van der Waals surface area contributed by atoms with Crippen molar-refractivity contribution < 1.29 is 19.4 Å². The van der Waals surface area contributed by atoms with E-state index in [-0.39, 0.29) is 19.1 Å². The summed E-state index contributed by atoms with van der Waals surface area (Å²) in [6.45, 7) is 0.290. The normalized spacial score (nSPS) is 14.3. The number of aliphatic hydroxyl groups excluding tert-OH is 1.